The number of benzene rings is 2. The van der Waals surface area contributed by atoms with Crippen LogP contribution in [0.5, 0.6) is 5.75 Å². The zero-order valence-electron chi connectivity index (χ0n) is 16.4. The van der Waals surface area contributed by atoms with Crippen LogP contribution in [0.1, 0.15) is 27.0 Å². The van der Waals surface area contributed by atoms with E-state index in [1.54, 1.807) is 25.1 Å². The van der Waals surface area contributed by atoms with Crippen molar-refractivity contribution in [2.24, 2.45) is 0 Å². The van der Waals surface area contributed by atoms with Crippen molar-refractivity contribution in [2.75, 3.05) is 30.8 Å². The molecule has 0 spiro atoms. The number of hydrogen-bond donors (Lipinski definition) is 1. The molecule has 2 aromatic carbocycles. The molecule has 6 nitrogen and oxygen atoms in total. The lowest BCUT2D eigenvalue weighted by Gasteiger charge is -2.19. The summed E-state index contributed by atoms with van der Waals surface area (Å²) in [6.45, 7) is 6.50. The highest BCUT2D eigenvalue weighted by molar-refractivity contribution is 7.92. The van der Waals surface area contributed by atoms with Crippen molar-refractivity contribution in [3.05, 3.63) is 58.7 Å². The number of carbonyl (C=O) groups is 1. The van der Waals surface area contributed by atoms with Gasteiger partial charge in [0.2, 0.25) is 10.0 Å². The lowest BCUT2D eigenvalue weighted by molar-refractivity contribution is 0.0947. The van der Waals surface area contributed by atoms with Gasteiger partial charge in [0, 0.05) is 12.6 Å². The summed E-state index contributed by atoms with van der Waals surface area (Å²) >= 11 is 0. The second kappa shape index (κ2) is 8.43. The van der Waals surface area contributed by atoms with E-state index in [2.05, 4.69) is 11.4 Å². The maximum atomic E-state index is 12.4. The van der Waals surface area contributed by atoms with E-state index in [4.69, 9.17) is 4.74 Å². The van der Waals surface area contributed by atoms with Gasteiger partial charge in [-0.2, -0.15) is 0 Å². The van der Waals surface area contributed by atoms with E-state index in [0.717, 1.165) is 28.7 Å². The molecule has 0 fully saturated rings. The van der Waals surface area contributed by atoms with Gasteiger partial charge in [0.25, 0.3) is 5.91 Å². The van der Waals surface area contributed by atoms with Gasteiger partial charge >= 0.3 is 0 Å². The highest BCUT2D eigenvalue weighted by Gasteiger charge is 2.16. The Bertz CT molecular complexity index is 919. The van der Waals surface area contributed by atoms with E-state index >= 15 is 0 Å². The summed E-state index contributed by atoms with van der Waals surface area (Å²) in [5.41, 5.74) is 3.90. The third-order valence-corrected chi connectivity index (χ3v) is 5.35. The van der Waals surface area contributed by atoms with Gasteiger partial charge in [0.15, 0.2) is 0 Å². The molecule has 2 aromatic rings. The van der Waals surface area contributed by atoms with E-state index < -0.39 is 10.0 Å². The molecule has 1 N–H and O–H groups in total. The number of nitrogens with zero attached hydrogens (tertiary/aromatic N) is 1. The van der Waals surface area contributed by atoms with Crippen LogP contribution in [0, 0.1) is 20.8 Å². The summed E-state index contributed by atoms with van der Waals surface area (Å²) in [6.07, 6.45) is 1.13. The Kier molecular flexibility index (Phi) is 6.49. The van der Waals surface area contributed by atoms with E-state index in [-0.39, 0.29) is 5.91 Å². The molecule has 7 heteroatoms. The molecule has 1 amide bonds. The first-order valence-electron chi connectivity index (χ1n) is 8.62. The molecule has 0 saturated carbocycles. The van der Waals surface area contributed by atoms with E-state index in [0.29, 0.717) is 24.4 Å². The zero-order chi connectivity index (χ0) is 20.2. The fourth-order valence-corrected chi connectivity index (χ4v) is 3.27. The summed E-state index contributed by atoms with van der Waals surface area (Å²) < 4.78 is 30.4. The predicted octanol–water partition coefficient (Wildman–Crippen LogP) is 2.82. The lowest BCUT2D eigenvalue weighted by atomic mass is 10.1. The molecule has 0 aliphatic carbocycles. The molecule has 0 saturated heterocycles. The van der Waals surface area contributed by atoms with Gasteiger partial charge in [0.1, 0.15) is 12.4 Å². The van der Waals surface area contributed by atoms with Gasteiger partial charge in [-0.3, -0.25) is 9.10 Å². The highest BCUT2D eigenvalue weighted by atomic mass is 32.2. The second-order valence-electron chi connectivity index (χ2n) is 6.66. The molecular weight excluding hydrogens is 364 g/mol. The van der Waals surface area contributed by atoms with Crippen molar-refractivity contribution < 1.29 is 17.9 Å². The Morgan fingerprint density at radius 2 is 1.70 bits per heavy atom. The molecule has 0 bridgehead atoms. The highest BCUT2D eigenvalue weighted by Crippen LogP contribution is 2.22. The Balaban J connectivity index is 1.98. The number of carbonyl (C=O) groups excluding carboxylic acids is 1. The average molecular weight is 391 g/mol. The van der Waals surface area contributed by atoms with Crippen molar-refractivity contribution >= 4 is 21.6 Å². The minimum atomic E-state index is -3.40. The third-order valence-electron chi connectivity index (χ3n) is 4.16. The minimum absolute atomic E-state index is 0.276. The first kappa shape index (κ1) is 20.8. The molecule has 0 atom stereocenters. The van der Waals surface area contributed by atoms with Crippen molar-refractivity contribution in [3.8, 4) is 5.75 Å². The van der Waals surface area contributed by atoms with Crippen molar-refractivity contribution in [3.63, 3.8) is 0 Å². The number of hydrogen-bond acceptors (Lipinski definition) is 4. The van der Waals surface area contributed by atoms with Crippen LogP contribution in [0.15, 0.2) is 36.4 Å². The molecule has 0 aliphatic rings. The molecule has 0 unspecified atom stereocenters. The summed E-state index contributed by atoms with van der Waals surface area (Å²) in [5, 5.41) is 2.79. The van der Waals surface area contributed by atoms with Gasteiger partial charge in [-0.1, -0.05) is 12.1 Å². The number of anilines is 1. The largest absolute Gasteiger partial charge is 0.492 e. The zero-order valence-corrected chi connectivity index (χ0v) is 17.2. The van der Waals surface area contributed by atoms with Crippen LogP contribution in [0.3, 0.4) is 0 Å². The number of amides is 1. The molecular formula is C20H26N2O4S. The predicted molar refractivity (Wildman–Crippen MR) is 108 cm³/mol. The third kappa shape index (κ3) is 5.72. The summed E-state index contributed by atoms with van der Waals surface area (Å²) in [4.78, 5) is 12.4. The van der Waals surface area contributed by atoms with Crippen molar-refractivity contribution in [2.45, 2.75) is 20.8 Å². The molecule has 27 heavy (non-hydrogen) atoms. The van der Waals surface area contributed by atoms with E-state index in [9.17, 15) is 13.2 Å². The lowest BCUT2D eigenvalue weighted by Crippen LogP contribution is -2.29. The topological polar surface area (TPSA) is 75.7 Å². The molecule has 2 rings (SSSR count). The summed E-state index contributed by atoms with van der Waals surface area (Å²) in [7, 11) is -1.93. The van der Waals surface area contributed by atoms with E-state index in [1.165, 1.54) is 11.4 Å². The van der Waals surface area contributed by atoms with Crippen LogP contribution >= 0.6 is 0 Å². The Morgan fingerprint density at radius 3 is 2.30 bits per heavy atom. The Hall–Kier alpha value is -2.54. The van der Waals surface area contributed by atoms with Crippen LogP contribution < -0.4 is 14.4 Å². The first-order chi connectivity index (χ1) is 12.6. The molecule has 0 aromatic heterocycles. The first-order valence-corrected chi connectivity index (χ1v) is 10.5. The van der Waals surface area contributed by atoms with Crippen LogP contribution in [-0.2, 0) is 10.0 Å². The maximum Gasteiger partial charge on any atom is 0.251 e. The Morgan fingerprint density at radius 1 is 1.07 bits per heavy atom. The van der Waals surface area contributed by atoms with Gasteiger partial charge in [-0.15, -0.1) is 0 Å². The average Bonchev–Trinajstić information content (AvgIpc) is 2.56. The van der Waals surface area contributed by atoms with Gasteiger partial charge in [0.05, 0.1) is 18.5 Å². The van der Waals surface area contributed by atoms with Crippen molar-refractivity contribution in [1.29, 1.82) is 0 Å². The number of nitrogens with one attached hydrogen (secondary N) is 1. The summed E-state index contributed by atoms with van der Waals surface area (Å²) in [5.74, 6) is 0.497. The fourth-order valence-electron chi connectivity index (χ4n) is 2.72. The monoisotopic (exact) mass is 390 g/mol. The van der Waals surface area contributed by atoms with Gasteiger partial charge in [-0.05, 0) is 61.7 Å². The smallest absolute Gasteiger partial charge is 0.251 e. The Labute approximate surface area is 161 Å². The standard InChI is InChI=1S/C20H26N2O4S/c1-14-10-15(2)12-18(11-14)26-9-8-21-20(23)17-7-6-16(3)19(13-17)22(4)27(5,24)25/h6-7,10-13H,8-9H2,1-5H3,(H,21,23). The molecule has 0 radical (unpaired) electrons. The fraction of sp³-hybridized carbons (Fsp3) is 0.350. The van der Waals surface area contributed by atoms with E-state index in [1.807, 2.05) is 26.0 Å². The van der Waals surface area contributed by atoms with Crippen LogP contribution in [0.4, 0.5) is 5.69 Å². The van der Waals surface area contributed by atoms with Gasteiger partial charge < -0.3 is 10.1 Å². The molecule has 0 heterocycles. The molecule has 146 valence electrons. The summed E-state index contributed by atoms with van der Waals surface area (Å²) in [6, 6.07) is 10.9. The van der Waals surface area contributed by atoms with Crippen molar-refractivity contribution in [1.82, 2.24) is 5.32 Å². The van der Waals surface area contributed by atoms with Crippen LogP contribution in [-0.4, -0.2) is 40.8 Å². The number of ether oxygens (including phenoxy) is 1. The second-order valence-corrected chi connectivity index (χ2v) is 8.67. The number of aryl methyl sites for hydroxylation is 3. The SMILES string of the molecule is Cc1cc(C)cc(OCCNC(=O)c2ccc(C)c(N(C)S(C)(=O)=O)c2)c1. The minimum Gasteiger partial charge on any atom is -0.492 e. The van der Waals surface area contributed by atoms with Crippen LogP contribution in [0.2, 0.25) is 0 Å². The maximum absolute atomic E-state index is 12.4. The molecule has 0 aliphatic heterocycles. The van der Waals surface area contributed by atoms with Crippen LogP contribution in [0.25, 0.3) is 0 Å². The van der Waals surface area contributed by atoms with Gasteiger partial charge in [-0.25, -0.2) is 8.42 Å². The number of sulfonamides is 1. The number of rotatable bonds is 7. The normalized spacial score (nSPS) is 11.1. The quantitative estimate of drug-likeness (QED) is 0.738.